The van der Waals surface area contributed by atoms with E-state index in [1.165, 1.54) is 12.3 Å². The molecule has 1 unspecified atom stereocenters. The molecule has 2 aliphatic rings. The van der Waals surface area contributed by atoms with Crippen LogP contribution in [0.5, 0.6) is 11.5 Å². The standard InChI is InChI=1S/C13H11BrO4/c14-10-5-8(11-7-9(15)1-2-16-11)6-12-13(10)18-4-3-17-12/h1-2,5-6,11H,3-4,7H2. The van der Waals surface area contributed by atoms with Gasteiger partial charge in [0.1, 0.15) is 19.3 Å². The van der Waals surface area contributed by atoms with Crippen LogP contribution in [0.2, 0.25) is 0 Å². The Morgan fingerprint density at radius 2 is 2.06 bits per heavy atom. The highest BCUT2D eigenvalue weighted by atomic mass is 79.9. The number of ketones is 1. The van der Waals surface area contributed by atoms with Crippen LogP contribution < -0.4 is 9.47 Å². The average molecular weight is 311 g/mol. The molecule has 1 aromatic carbocycles. The van der Waals surface area contributed by atoms with Gasteiger partial charge in [0, 0.05) is 6.08 Å². The molecule has 94 valence electrons. The van der Waals surface area contributed by atoms with E-state index in [4.69, 9.17) is 14.2 Å². The van der Waals surface area contributed by atoms with Crippen LogP contribution >= 0.6 is 15.9 Å². The van der Waals surface area contributed by atoms with Gasteiger partial charge >= 0.3 is 0 Å². The molecule has 5 heteroatoms. The van der Waals surface area contributed by atoms with Gasteiger partial charge in [-0.25, -0.2) is 0 Å². The molecule has 0 spiro atoms. The van der Waals surface area contributed by atoms with E-state index in [1.54, 1.807) is 0 Å². The first-order valence-electron chi connectivity index (χ1n) is 5.68. The minimum atomic E-state index is -0.255. The van der Waals surface area contributed by atoms with Gasteiger partial charge in [-0.1, -0.05) is 0 Å². The van der Waals surface area contributed by atoms with Gasteiger partial charge in [0.2, 0.25) is 0 Å². The molecule has 2 heterocycles. The minimum absolute atomic E-state index is 0.0669. The molecule has 0 aliphatic carbocycles. The normalized spacial score (nSPS) is 21.6. The van der Waals surface area contributed by atoms with E-state index in [0.717, 1.165) is 10.0 Å². The number of halogens is 1. The number of fused-ring (bicyclic) bond motifs is 1. The fourth-order valence-corrected chi connectivity index (χ4v) is 2.60. The summed E-state index contributed by atoms with van der Waals surface area (Å²) >= 11 is 3.45. The van der Waals surface area contributed by atoms with Crippen LogP contribution in [0.4, 0.5) is 0 Å². The third-order valence-corrected chi connectivity index (χ3v) is 3.46. The first kappa shape index (κ1) is 11.6. The lowest BCUT2D eigenvalue weighted by atomic mass is 10.0. The Hall–Kier alpha value is -1.49. The van der Waals surface area contributed by atoms with Crippen molar-refractivity contribution in [3.05, 3.63) is 34.5 Å². The maximum Gasteiger partial charge on any atom is 0.175 e. The van der Waals surface area contributed by atoms with Crippen molar-refractivity contribution in [3.63, 3.8) is 0 Å². The number of benzene rings is 1. The summed E-state index contributed by atoms with van der Waals surface area (Å²) < 4.78 is 17.4. The summed E-state index contributed by atoms with van der Waals surface area (Å²) in [5, 5.41) is 0. The summed E-state index contributed by atoms with van der Waals surface area (Å²) in [5.41, 5.74) is 0.906. The van der Waals surface area contributed by atoms with E-state index in [2.05, 4.69) is 15.9 Å². The molecular weight excluding hydrogens is 300 g/mol. The van der Waals surface area contributed by atoms with Gasteiger partial charge in [-0.15, -0.1) is 0 Å². The molecule has 0 fully saturated rings. The summed E-state index contributed by atoms with van der Waals surface area (Å²) in [7, 11) is 0. The number of ether oxygens (including phenoxy) is 3. The summed E-state index contributed by atoms with van der Waals surface area (Å²) in [6, 6.07) is 3.78. The number of allylic oxidation sites excluding steroid dienone is 1. The molecule has 3 rings (SSSR count). The number of carbonyl (C=O) groups is 1. The summed E-state index contributed by atoms with van der Waals surface area (Å²) in [6.45, 7) is 1.08. The third kappa shape index (κ3) is 2.10. The maximum absolute atomic E-state index is 11.4. The van der Waals surface area contributed by atoms with Crippen LogP contribution in [0.1, 0.15) is 18.1 Å². The first-order chi connectivity index (χ1) is 8.74. The summed E-state index contributed by atoms with van der Waals surface area (Å²) in [4.78, 5) is 11.4. The largest absolute Gasteiger partial charge is 0.493 e. The van der Waals surface area contributed by atoms with E-state index in [-0.39, 0.29) is 11.9 Å². The zero-order chi connectivity index (χ0) is 12.5. The number of rotatable bonds is 1. The Balaban J connectivity index is 1.95. The van der Waals surface area contributed by atoms with Crippen molar-refractivity contribution in [1.29, 1.82) is 0 Å². The van der Waals surface area contributed by atoms with E-state index >= 15 is 0 Å². The van der Waals surface area contributed by atoms with Crippen LogP contribution in [0, 0.1) is 0 Å². The second kappa shape index (κ2) is 4.65. The third-order valence-electron chi connectivity index (χ3n) is 2.87. The van der Waals surface area contributed by atoms with Gasteiger partial charge in [-0.2, -0.15) is 0 Å². The van der Waals surface area contributed by atoms with Gasteiger partial charge in [0.15, 0.2) is 17.3 Å². The molecule has 0 N–H and O–H groups in total. The topological polar surface area (TPSA) is 44.8 Å². The number of carbonyl (C=O) groups excluding carboxylic acids is 1. The van der Waals surface area contributed by atoms with E-state index in [9.17, 15) is 4.79 Å². The molecule has 0 aromatic heterocycles. The highest BCUT2D eigenvalue weighted by molar-refractivity contribution is 9.10. The van der Waals surface area contributed by atoms with Crippen molar-refractivity contribution in [3.8, 4) is 11.5 Å². The molecular formula is C13H11BrO4. The highest BCUT2D eigenvalue weighted by Gasteiger charge is 2.23. The lowest BCUT2D eigenvalue weighted by molar-refractivity contribution is -0.118. The van der Waals surface area contributed by atoms with Crippen molar-refractivity contribution in [2.75, 3.05) is 13.2 Å². The molecule has 0 amide bonds. The predicted molar refractivity (Wildman–Crippen MR) is 67.7 cm³/mol. The molecule has 0 saturated heterocycles. The SMILES string of the molecule is O=C1C=COC(c2cc(Br)c3c(c2)OCCO3)C1. The summed E-state index contributed by atoms with van der Waals surface area (Å²) in [6.07, 6.45) is 2.99. The minimum Gasteiger partial charge on any atom is -0.493 e. The van der Waals surface area contributed by atoms with Crippen molar-refractivity contribution in [2.24, 2.45) is 0 Å². The van der Waals surface area contributed by atoms with Gasteiger partial charge in [-0.3, -0.25) is 4.79 Å². The van der Waals surface area contributed by atoms with Crippen LogP contribution in [0.15, 0.2) is 28.9 Å². The van der Waals surface area contributed by atoms with Gasteiger partial charge in [0.05, 0.1) is 17.2 Å². The zero-order valence-corrected chi connectivity index (χ0v) is 11.1. The second-order valence-electron chi connectivity index (χ2n) is 4.12. The quantitative estimate of drug-likeness (QED) is 0.800. The van der Waals surface area contributed by atoms with Crippen molar-refractivity contribution >= 4 is 21.7 Å². The van der Waals surface area contributed by atoms with Crippen LogP contribution in [0.3, 0.4) is 0 Å². The molecule has 0 saturated carbocycles. The van der Waals surface area contributed by atoms with E-state index in [0.29, 0.717) is 31.1 Å². The molecule has 0 bridgehead atoms. The number of hydrogen-bond donors (Lipinski definition) is 0. The van der Waals surface area contributed by atoms with Crippen LogP contribution in [-0.4, -0.2) is 19.0 Å². The summed E-state index contributed by atoms with van der Waals surface area (Å²) in [5.74, 6) is 1.47. The van der Waals surface area contributed by atoms with Crippen molar-refractivity contribution < 1.29 is 19.0 Å². The Bertz CT molecular complexity index is 524. The fraction of sp³-hybridized carbons (Fsp3) is 0.308. The monoisotopic (exact) mass is 310 g/mol. The maximum atomic E-state index is 11.4. The molecule has 18 heavy (non-hydrogen) atoms. The number of hydrogen-bond acceptors (Lipinski definition) is 4. The van der Waals surface area contributed by atoms with E-state index in [1.807, 2.05) is 12.1 Å². The van der Waals surface area contributed by atoms with Crippen LogP contribution in [0.25, 0.3) is 0 Å². The van der Waals surface area contributed by atoms with Crippen molar-refractivity contribution in [2.45, 2.75) is 12.5 Å². The molecule has 1 atom stereocenters. The van der Waals surface area contributed by atoms with Crippen LogP contribution in [-0.2, 0) is 9.53 Å². The smallest absolute Gasteiger partial charge is 0.175 e. The first-order valence-corrected chi connectivity index (χ1v) is 6.47. The van der Waals surface area contributed by atoms with E-state index < -0.39 is 0 Å². The molecule has 2 aliphatic heterocycles. The molecule has 4 nitrogen and oxygen atoms in total. The second-order valence-corrected chi connectivity index (χ2v) is 4.98. The Kier molecular flexibility index (Phi) is 2.99. The highest BCUT2D eigenvalue weighted by Crippen LogP contribution is 2.41. The molecule has 1 aromatic rings. The zero-order valence-electron chi connectivity index (χ0n) is 9.52. The van der Waals surface area contributed by atoms with Gasteiger partial charge in [-0.05, 0) is 33.6 Å². The lowest BCUT2D eigenvalue weighted by Gasteiger charge is -2.24. The van der Waals surface area contributed by atoms with Gasteiger partial charge in [0.25, 0.3) is 0 Å². The Morgan fingerprint density at radius 3 is 2.89 bits per heavy atom. The van der Waals surface area contributed by atoms with Crippen molar-refractivity contribution in [1.82, 2.24) is 0 Å². The average Bonchev–Trinajstić information content (AvgIpc) is 2.39. The van der Waals surface area contributed by atoms with Gasteiger partial charge < -0.3 is 14.2 Å². The fourth-order valence-electron chi connectivity index (χ4n) is 2.02. The molecule has 0 radical (unpaired) electrons. The predicted octanol–water partition coefficient (Wildman–Crippen LogP) is 2.76. The Labute approximate surface area is 113 Å². The lowest BCUT2D eigenvalue weighted by Crippen LogP contribution is -2.17. The Morgan fingerprint density at radius 1 is 1.22 bits per heavy atom.